The molecular weight excluding hydrogens is 316 g/mol. The topological polar surface area (TPSA) is 80.9 Å². The zero-order valence-corrected chi connectivity index (χ0v) is 12.2. The number of hydrogen-bond donors (Lipinski definition) is 2. The van der Waals surface area contributed by atoms with Gasteiger partial charge in [0.2, 0.25) is 10.1 Å². The molecule has 1 aromatic carbocycles. The monoisotopic (exact) mass is 326 g/mol. The molecule has 0 aliphatic rings. The van der Waals surface area contributed by atoms with Crippen LogP contribution in [-0.4, -0.2) is 16.1 Å². The SMILES string of the molecule is Cc1cc(C)c(NC(=O)c2nnc(N)s2)c(Br)c1. The summed E-state index contributed by atoms with van der Waals surface area (Å²) >= 11 is 4.49. The van der Waals surface area contributed by atoms with Crippen LogP contribution in [-0.2, 0) is 0 Å². The van der Waals surface area contributed by atoms with Crippen molar-refractivity contribution in [3.05, 3.63) is 32.7 Å². The van der Waals surface area contributed by atoms with Crippen molar-refractivity contribution in [3.8, 4) is 0 Å². The number of nitrogens with one attached hydrogen (secondary N) is 1. The predicted octanol–water partition coefficient (Wildman–Crippen LogP) is 2.75. The molecule has 2 aromatic rings. The Hall–Kier alpha value is -1.47. The summed E-state index contributed by atoms with van der Waals surface area (Å²) in [6, 6.07) is 3.94. The maximum Gasteiger partial charge on any atom is 0.286 e. The lowest BCUT2D eigenvalue weighted by atomic mass is 10.1. The number of hydrogen-bond acceptors (Lipinski definition) is 5. The van der Waals surface area contributed by atoms with Gasteiger partial charge < -0.3 is 11.1 Å². The van der Waals surface area contributed by atoms with Gasteiger partial charge in [-0.2, -0.15) is 0 Å². The Kier molecular flexibility index (Phi) is 3.63. The molecule has 0 saturated carbocycles. The minimum absolute atomic E-state index is 0.249. The molecule has 94 valence electrons. The van der Waals surface area contributed by atoms with Crippen LogP contribution in [0.1, 0.15) is 20.9 Å². The Morgan fingerprint density at radius 3 is 2.67 bits per heavy atom. The van der Waals surface area contributed by atoms with E-state index in [2.05, 4.69) is 31.4 Å². The second-order valence-electron chi connectivity index (χ2n) is 3.84. The zero-order valence-electron chi connectivity index (χ0n) is 9.82. The number of nitrogens with two attached hydrogens (primary N) is 1. The van der Waals surface area contributed by atoms with Crippen LogP contribution in [0.4, 0.5) is 10.8 Å². The first-order valence-electron chi connectivity index (χ1n) is 5.14. The minimum atomic E-state index is -0.308. The van der Waals surface area contributed by atoms with Gasteiger partial charge in [0.15, 0.2) is 0 Å². The van der Waals surface area contributed by atoms with Gasteiger partial charge in [0.1, 0.15) is 0 Å². The highest BCUT2D eigenvalue weighted by Gasteiger charge is 2.14. The molecule has 0 atom stereocenters. The number of carbonyl (C=O) groups excluding carboxylic acids is 1. The second-order valence-corrected chi connectivity index (χ2v) is 5.70. The average molecular weight is 327 g/mol. The van der Waals surface area contributed by atoms with Gasteiger partial charge in [0.05, 0.1) is 5.69 Å². The first kappa shape index (κ1) is 13.0. The summed E-state index contributed by atoms with van der Waals surface area (Å²) in [5.74, 6) is -0.308. The molecule has 0 bridgehead atoms. The summed E-state index contributed by atoms with van der Waals surface area (Å²) in [6.07, 6.45) is 0. The van der Waals surface area contributed by atoms with Gasteiger partial charge in [0, 0.05) is 4.47 Å². The Morgan fingerprint density at radius 2 is 2.11 bits per heavy atom. The molecule has 18 heavy (non-hydrogen) atoms. The van der Waals surface area contributed by atoms with Crippen molar-refractivity contribution in [2.45, 2.75) is 13.8 Å². The number of rotatable bonds is 2. The fourth-order valence-electron chi connectivity index (χ4n) is 1.57. The van der Waals surface area contributed by atoms with E-state index in [-0.39, 0.29) is 16.0 Å². The van der Waals surface area contributed by atoms with Crippen LogP contribution >= 0.6 is 27.3 Å². The molecule has 0 unspecified atom stereocenters. The molecule has 1 aromatic heterocycles. The van der Waals surface area contributed by atoms with Crippen LogP contribution in [0.15, 0.2) is 16.6 Å². The number of anilines is 2. The van der Waals surface area contributed by atoms with Crippen LogP contribution in [0.2, 0.25) is 0 Å². The molecule has 0 saturated heterocycles. The molecule has 0 aliphatic heterocycles. The van der Waals surface area contributed by atoms with Gasteiger partial charge in [-0.15, -0.1) is 10.2 Å². The molecule has 2 rings (SSSR count). The summed E-state index contributed by atoms with van der Waals surface area (Å²) in [6.45, 7) is 3.93. The van der Waals surface area contributed by atoms with Crippen LogP contribution in [0.25, 0.3) is 0 Å². The van der Waals surface area contributed by atoms with E-state index in [1.807, 2.05) is 26.0 Å². The molecule has 0 radical (unpaired) electrons. The molecule has 3 N–H and O–H groups in total. The number of halogens is 1. The summed E-state index contributed by atoms with van der Waals surface area (Å²) in [7, 11) is 0. The largest absolute Gasteiger partial charge is 0.374 e. The van der Waals surface area contributed by atoms with E-state index in [1.54, 1.807) is 0 Å². The molecule has 0 fully saturated rings. The van der Waals surface area contributed by atoms with Crippen LogP contribution < -0.4 is 11.1 Å². The molecule has 0 spiro atoms. The fraction of sp³-hybridized carbons (Fsp3) is 0.182. The number of aromatic nitrogens is 2. The van der Waals surface area contributed by atoms with Crippen molar-refractivity contribution in [3.63, 3.8) is 0 Å². The maximum atomic E-state index is 11.9. The summed E-state index contributed by atoms with van der Waals surface area (Å²) in [5, 5.41) is 10.6. The fourth-order valence-corrected chi connectivity index (χ4v) is 2.85. The Balaban J connectivity index is 2.27. The third-order valence-corrected chi connectivity index (χ3v) is 3.68. The van der Waals surface area contributed by atoms with E-state index in [9.17, 15) is 4.79 Å². The van der Waals surface area contributed by atoms with Gasteiger partial charge in [-0.05, 0) is 47.0 Å². The Labute approximate surface area is 117 Å². The van der Waals surface area contributed by atoms with E-state index in [0.29, 0.717) is 0 Å². The zero-order chi connectivity index (χ0) is 13.3. The van der Waals surface area contributed by atoms with E-state index < -0.39 is 0 Å². The molecule has 0 aliphatic carbocycles. The van der Waals surface area contributed by atoms with Crippen molar-refractivity contribution in [2.24, 2.45) is 0 Å². The number of carbonyl (C=O) groups is 1. The van der Waals surface area contributed by atoms with Crippen molar-refractivity contribution in [1.82, 2.24) is 10.2 Å². The highest BCUT2D eigenvalue weighted by atomic mass is 79.9. The quantitative estimate of drug-likeness (QED) is 0.889. The molecular formula is C11H11BrN4OS. The van der Waals surface area contributed by atoms with Gasteiger partial charge in [0.25, 0.3) is 5.91 Å². The third kappa shape index (κ3) is 2.68. The lowest BCUT2D eigenvalue weighted by molar-refractivity contribution is 0.102. The minimum Gasteiger partial charge on any atom is -0.374 e. The number of benzene rings is 1. The highest BCUT2D eigenvalue weighted by Crippen LogP contribution is 2.28. The molecule has 5 nitrogen and oxygen atoms in total. The summed E-state index contributed by atoms with van der Waals surface area (Å²) in [4.78, 5) is 11.9. The first-order valence-corrected chi connectivity index (χ1v) is 6.75. The second kappa shape index (κ2) is 5.03. The standard InChI is InChI=1S/C11H11BrN4OS/c1-5-3-6(2)8(7(12)4-5)14-9(17)10-15-16-11(13)18-10/h3-4H,1-2H3,(H2,13,16)(H,14,17). The third-order valence-electron chi connectivity index (χ3n) is 2.31. The van der Waals surface area contributed by atoms with Crippen molar-refractivity contribution < 1.29 is 4.79 Å². The number of amides is 1. The van der Waals surface area contributed by atoms with Gasteiger partial charge >= 0.3 is 0 Å². The van der Waals surface area contributed by atoms with Crippen LogP contribution in [0.5, 0.6) is 0 Å². The van der Waals surface area contributed by atoms with E-state index >= 15 is 0 Å². The lowest BCUT2D eigenvalue weighted by Crippen LogP contribution is -2.13. The summed E-state index contributed by atoms with van der Waals surface area (Å²) < 4.78 is 0.839. The molecule has 1 amide bonds. The molecule has 7 heteroatoms. The average Bonchev–Trinajstić information content (AvgIpc) is 2.70. The Bertz CT molecular complexity index is 588. The van der Waals surface area contributed by atoms with E-state index in [4.69, 9.17) is 5.73 Å². The maximum absolute atomic E-state index is 11.9. The van der Waals surface area contributed by atoms with E-state index in [0.717, 1.165) is 32.6 Å². The Morgan fingerprint density at radius 1 is 1.39 bits per heavy atom. The van der Waals surface area contributed by atoms with Crippen molar-refractivity contribution in [2.75, 3.05) is 11.1 Å². The predicted molar refractivity (Wildman–Crippen MR) is 75.9 cm³/mol. The van der Waals surface area contributed by atoms with Crippen molar-refractivity contribution in [1.29, 1.82) is 0 Å². The van der Waals surface area contributed by atoms with E-state index in [1.165, 1.54) is 0 Å². The lowest BCUT2D eigenvalue weighted by Gasteiger charge is -2.10. The first-order chi connectivity index (χ1) is 8.47. The molecule has 1 heterocycles. The van der Waals surface area contributed by atoms with Gasteiger partial charge in [-0.25, -0.2) is 0 Å². The number of nitrogen functional groups attached to an aromatic ring is 1. The van der Waals surface area contributed by atoms with Crippen molar-refractivity contribution >= 4 is 44.0 Å². The van der Waals surface area contributed by atoms with Gasteiger partial charge in [-0.3, -0.25) is 4.79 Å². The number of aryl methyl sites for hydroxylation is 2. The highest BCUT2D eigenvalue weighted by molar-refractivity contribution is 9.10. The van der Waals surface area contributed by atoms with Crippen LogP contribution in [0.3, 0.4) is 0 Å². The smallest absolute Gasteiger partial charge is 0.286 e. The number of nitrogens with zero attached hydrogens (tertiary/aromatic N) is 2. The normalized spacial score (nSPS) is 10.4. The van der Waals surface area contributed by atoms with Crippen LogP contribution in [0, 0.1) is 13.8 Å². The van der Waals surface area contributed by atoms with Gasteiger partial charge in [-0.1, -0.05) is 17.4 Å². The summed E-state index contributed by atoms with van der Waals surface area (Å²) in [5.41, 5.74) is 8.28.